The molecule has 270 valence electrons. The van der Waals surface area contributed by atoms with Crippen LogP contribution < -0.4 is 14.4 Å². The third-order valence-electron chi connectivity index (χ3n) is 11.0. The van der Waals surface area contributed by atoms with Gasteiger partial charge in [-0.2, -0.15) is 0 Å². The zero-order valence-corrected chi connectivity index (χ0v) is 32.4. The Morgan fingerprint density at radius 3 is 1.65 bits per heavy atom. The highest BCUT2D eigenvalue weighted by Gasteiger charge is 2.41. The smallest absolute Gasteiger partial charge is 0.129 e. The van der Waals surface area contributed by atoms with Crippen molar-refractivity contribution in [3.05, 3.63) is 180 Å². The van der Waals surface area contributed by atoms with Gasteiger partial charge < -0.3 is 14.4 Å². The molecule has 4 nitrogen and oxygen atoms in total. The molecule has 7 aromatic carbocycles. The average Bonchev–Trinajstić information content (AvgIpc) is 3.77. The molecule has 0 N–H and O–H groups in total. The van der Waals surface area contributed by atoms with Crippen LogP contribution in [-0.2, 0) is 5.41 Å². The number of anilines is 3. The van der Waals surface area contributed by atoms with Gasteiger partial charge in [0.15, 0.2) is 0 Å². The molecule has 0 radical (unpaired) electrons. The van der Waals surface area contributed by atoms with Gasteiger partial charge in [-0.3, -0.25) is 0 Å². The number of nitrogens with zero attached hydrogens (tertiary/aromatic N) is 2. The van der Waals surface area contributed by atoms with Crippen LogP contribution in [0.4, 0.5) is 17.1 Å². The van der Waals surface area contributed by atoms with E-state index in [0.717, 1.165) is 63.4 Å². The Bertz CT molecular complexity index is 2530. The minimum Gasteiger partial charge on any atom is -0.457 e. The summed E-state index contributed by atoms with van der Waals surface area (Å²) in [5, 5.41) is 1.06. The van der Waals surface area contributed by atoms with Gasteiger partial charge in [-0.05, 0) is 128 Å². The van der Waals surface area contributed by atoms with Crippen molar-refractivity contribution in [2.24, 2.45) is 0 Å². The number of para-hydroxylation sites is 1. The van der Waals surface area contributed by atoms with E-state index in [4.69, 9.17) is 14.5 Å². The third kappa shape index (κ3) is 6.45. The van der Waals surface area contributed by atoms with Crippen LogP contribution in [0.15, 0.2) is 158 Å². The first-order valence-electron chi connectivity index (χ1n) is 19.1. The predicted octanol–water partition coefficient (Wildman–Crippen LogP) is 14.7. The Labute approximate surface area is 327 Å². The van der Waals surface area contributed by atoms with E-state index in [2.05, 4.69) is 154 Å². The molecule has 0 spiro atoms. The van der Waals surface area contributed by atoms with Crippen molar-refractivity contribution < 1.29 is 9.47 Å². The van der Waals surface area contributed by atoms with E-state index in [1.165, 1.54) is 43.6 Å². The predicted molar refractivity (Wildman–Crippen MR) is 229 cm³/mol. The summed E-state index contributed by atoms with van der Waals surface area (Å²) in [5.74, 6) is 3.15. The number of aryl methyl sites for hydroxylation is 2. The fourth-order valence-corrected chi connectivity index (χ4v) is 9.03. The Balaban J connectivity index is 1.15. The van der Waals surface area contributed by atoms with E-state index in [1.807, 2.05) is 36.4 Å². The number of hydrogen-bond acceptors (Lipinski definition) is 5. The highest BCUT2D eigenvalue weighted by atomic mass is 32.1. The summed E-state index contributed by atoms with van der Waals surface area (Å²) in [6.45, 7) is 8.83. The standard InChI is InChI=1S/C50H42N2O2S/c1-5-50(6-2)45-29-35(49-51-47-15-7-8-16-48(47)55-49)21-27-43(45)44-28-22-38(32-46(44)50)52(36-11-9-13-41(30-36)53-39-23-17-33(3)18-24-39)37-12-10-14-42(31-37)54-40-25-19-34(4)20-26-40/h7-32H,5-6H2,1-4H3. The molecule has 0 unspecified atom stereocenters. The van der Waals surface area contributed by atoms with Crippen LogP contribution in [-0.4, -0.2) is 4.98 Å². The molecule has 0 atom stereocenters. The van der Waals surface area contributed by atoms with E-state index in [1.54, 1.807) is 11.3 Å². The second-order valence-electron chi connectivity index (χ2n) is 14.4. The molecule has 1 heterocycles. The number of rotatable bonds is 10. The van der Waals surface area contributed by atoms with Gasteiger partial charge in [-0.1, -0.05) is 91.7 Å². The van der Waals surface area contributed by atoms with Gasteiger partial charge in [-0.15, -0.1) is 11.3 Å². The molecule has 0 fully saturated rings. The quantitative estimate of drug-likeness (QED) is 0.140. The largest absolute Gasteiger partial charge is 0.457 e. The highest BCUT2D eigenvalue weighted by molar-refractivity contribution is 7.21. The number of benzene rings is 7. The molecule has 0 bridgehead atoms. The summed E-state index contributed by atoms with van der Waals surface area (Å²) in [6, 6.07) is 55.4. The molecule has 8 aromatic rings. The molecule has 0 saturated heterocycles. The van der Waals surface area contributed by atoms with Crippen LogP contribution in [0.1, 0.15) is 48.9 Å². The van der Waals surface area contributed by atoms with E-state index in [9.17, 15) is 0 Å². The SMILES string of the molecule is CCC1(CC)c2cc(-c3nc4ccccc4s3)ccc2-c2ccc(N(c3cccc(Oc4ccc(C)cc4)c3)c3cccc(Oc4ccc(C)cc4)c3)cc21. The Hall–Kier alpha value is -6.17. The van der Waals surface area contributed by atoms with Crippen LogP contribution in [0.5, 0.6) is 23.0 Å². The monoisotopic (exact) mass is 734 g/mol. The van der Waals surface area contributed by atoms with Gasteiger partial charge in [0.25, 0.3) is 0 Å². The minimum atomic E-state index is -0.147. The summed E-state index contributed by atoms with van der Waals surface area (Å²) in [7, 11) is 0. The lowest BCUT2D eigenvalue weighted by atomic mass is 9.73. The normalized spacial score (nSPS) is 12.7. The molecule has 55 heavy (non-hydrogen) atoms. The van der Waals surface area contributed by atoms with Gasteiger partial charge in [-0.25, -0.2) is 4.98 Å². The summed E-state index contributed by atoms with van der Waals surface area (Å²) >= 11 is 1.76. The van der Waals surface area contributed by atoms with Crippen LogP contribution >= 0.6 is 11.3 Å². The molecule has 0 aliphatic heterocycles. The van der Waals surface area contributed by atoms with E-state index < -0.39 is 0 Å². The van der Waals surface area contributed by atoms with E-state index >= 15 is 0 Å². The second-order valence-corrected chi connectivity index (χ2v) is 15.5. The highest BCUT2D eigenvalue weighted by Crippen LogP contribution is 2.55. The van der Waals surface area contributed by atoms with Crippen molar-refractivity contribution in [1.29, 1.82) is 0 Å². The number of aromatic nitrogens is 1. The third-order valence-corrected chi connectivity index (χ3v) is 12.1. The van der Waals surface area contributed by atoms with Crippen LogP contribution in [0.25, 0.3) is 31.9 Å². The summed E-state index contributed by atoms with van der Waals surface area (Å²) < 4.78 is 14.0. The maximum Gasteiger partial charge on any atom is 0.129 e. The van der Waals surface area contributed by atoms with Crippen LogP contribution in [0.3, 0.4) is 0 Å². The summed E-state index contributed by atoms with van der Waals surface area (Å²) in [4.78, 5) is 7.34. The second kappa shape index (κ2) is 14.2. The lowest BCUT2D eigenvalue weighted by molar-refractivity contribution is 0.482. The minimum absolute atomic E-state index is 0.147. The first-order valence-corrected chi connectivity index (χ1v) is 19.9. The molecule has 1 aromatic heterocycles. The number of thiazole rings is 1. The van der Waals surface area contributed by atoms with Crippen molar-refractivity contribution in [3.63, 3.8) is 0 Å². The van der Waals surface area contributed by atoms with Crippen molar-refractivity contribution in [3.8, 4) is 44.7 Å². The topological polar surface area (TPSA) is 34.6 Å². The van der Waals surface area contributed by atoms with Gasteiger partial charge in [0.05, 0.1) is 10.2 Å². The van der Waals surface area contributed by atoms with Crippen LogP contribution in [0.2, 0.25) is 0 Å². The zero-order valence-electron chi connectivity index (χ0n) is 31.5. The fraction of sp³-hybridized carbons (Fsp3) is 0.140. The van der Waals surface area contributed by atoms with Crippen LogP contribution in [0, 0.1) is 13.8 Å². The lowest BCUT2D eigenvalue weighted by Gasteiger charge is -2.32. The first-order chi connectivity index (χ1) is 26.9. The Morgan fingerprint density at radius 2 is 1.07 bits per heavy atom. The summed E-state index contributed by atoms with van der Waals surface area (Å²) in [5.41, 5.74) is 12.9. The molecule has 0 amide bonds. The van der Waals surface area contributed by atoms with Crippen molar-refractivity contribution in [2.45, 2.75) is 46.0 Å². The maximum atomic E-state index is 6.40. The number of ether oxygens (including phenoxy) is 2. The first kappa shape index (κ1) is 34.6. The molecule has 1 aliphatic carbocycles. The molecule has 0 saturated carbocycles. The van der Waals surface area contributed by atoms with Crippen molar-refractivity contribution >= 4 is 38.6 Å². The Morgan fingerprint density at radius 1 is 0.527 bits per heavy atom. The average molecular weight is 735 g/mol. The summed E-state index contributed by atoms with van der Waals surface area (Å²) in [6.07, 6.45) is 1.96. The molecular weight excluding hydrogens is 693 g/mol. The molecule has 1 aliphatic rings. The zero-order chi connectivity index (χ0) is 37.5. The van der Waals surface area contributed by atoms with Gasteiger partial charge in [0.1, 0.15) is 28.0 Å². The number of hydrogen-bond donors (Lipinski definition) is 0. The fourth-order valence-electron chi connectivity index (χ4n) is 8.07. The molecule has 9 rings (SSSR count). The lowest BCUT2D eigenvalue weighted by Crippen LogP contribution is -2.23. The van der Waals surface area contributed by atoms with E-state index in [-0.39, 0.29) is 5.41 Å². The van der Waals surface area contributed by atoms with Crippen molar-refractivity contribution in [1.82, 2.24) is 4.98 Å². The Kier molecular flexibility index (Phi) is 8.95. The van der Waals surface area contributed by atoms with Crippen molar-refractivity contribution in [2.75, 3.05) is 4.90 Å². The maximum absolute atomic E-state index is 6.40. The van der Waals surface area contributed by atoms with Gasteiger partial charge in [0, 0.05) is 40.2 Å². The number of fused-ring (bicyclic) bond motifs is 4. The van der Waals surface area contributed by atoms with E-state index in [0.29, 0.717) is 0 Å². The molecule has 5 heteroatoms. The van der Waals surface area contributed by atoms with Gasteiger partial charge >= 0.3 is 0 Å². The van der Waals surface area contributed by atoms with Gasteiger partial charge in [0.2, 0.25) is 0 Å². The molecular formula is C50H42N2O2S.